The largest absolute Gasteiger partial charge is 0.481 e. The number of rotatable bonds is 6. The molecule has 8 heteroatoms. The highest BCUT2D eigenvalue weighted by atomic mass is 16.5. The lowest BCUT2D eigenvalue weighted by atomic mass is 10.1. The second kappa shape index (κ2) is 8.45. The smallest absolute Gasteiger partial charge is 0.256 e. The van der Waals surface area contributed by atoms with Crippen molar-refractivity contribution in [2.45, 2.75) is 44.8 Å². The van der Waals surface area contributed by atoms with E-state index in [1.165, 1.54) is 12.8 Å². The molecular weight excluding hydrogens is 360 g/mol. The first-order valence-electron chi connectivity index (χ1n) is 10.1. The molecule has 0 aromatic carbocycles. The molecule has 1 saturated carbocycles. The fourth-order valence-corrected chi connectivity index (χ4v) is 4.29. The molecule has 0 radical (unpaired) electrons. The third-order valence-electron chi connectivity index (χ3n) is 5.86. The molecule has 0 atom stereocenters. The summed E-state index contributed by atoms with van der Waals surface area (Å²) in [5, 5.41) is 2.93. The fraction of sp³-hybridized carbons (Fsp3) is 0.650. The molecule has 0 bridgehead atoms. The number of nitrogens with one attached hydrogen (secondary N) is 1. The van der Waals surface area contributed by atoms with E-state index in [1.807, 2.05) is 11.0 Å². The summed E-state index contributed by atoms with van der Waals surface area (Å²) < 4.78 is 10.7. The van der Waals surface area contributed by atoms with Gasteiger partial charge in [0, 0.05) is 31.2 Å². The number of aromatic nitrogens is 1. The molecule has 3 aliphatic rings. The number of hydrogen-bond acceptors (Lipinski definition) is 6. The molecule has 4 rings (SSSR count). The number of carbonyl (C=O) groups excluding carboxylic acids is 2. The van der Waals surface area contributed by atoms with E-state index in [-0.39, 0.29) is 11.8 Å². The first-order chi connectivity index (χ1) is 13.7. The van der Waals surface area contributed by atoms with Gasteiger partial charge in [0.15, 0.2) is 0 Å². The van der Waals surface area contributed by atoms with Crippen molar-refractivity contribution >= 4 is 11.8 Å². The second-order valence-corrected chi connectivity index (χ2v) is 7.69. The van der Waals surface area contributed by atoms with Crippen molar-refractivity contribution in [1.82, 2.24) is 20.1 Å². The van der Waals surface area contributed by atoms with Crippen molar-refractivity contribution in [3.8, 4) is 5.88 Å². The quantitative estimate of drug-likeness (QED) is 0.781. The van der Waals surface area contributed by atoms with Gasteiger partial charge in [0.05, 0.1) is 44.7 Å². The second-order valence-electron chi connectivity index (χ2n) is 7.69. The summed E-state index contributed by atoms with van der Waals surface area (Å²) in [6.45, 7) is 4.05. The summed E-state index contributed by atoms with van der Waals surface area (Å²) >= 11 is 0. The summed E-state index contributed by atoms with van der Waals surface area (Å²) in [5.41, 5.74) is 2.15. The average molecular weight is 388 g/mol. The standard InChI is InChI=1S/C20H28N4O4/c1-27-19-14(11-21-18(25)13-23-6-8-28-9-7-23)10-16-17(22-19)12-24(20(16)26)15-4-2-3-5-15/h10,15H,2-9,11-13H2,1H3,(H,21,25). The number of morpholine rings is 1. The highest BCUT2D eigenvalue weighted by Gasteiger charge is 2.35. The molecule has 0 unspecified atom stereocenters. The van der Waals surface area contributed by atoms with Gasteiger partial charge in [-0.25, -0.2) is 4.98 Å². The lowest BCUT2D eigenvalue weighted by Crippen LogP contribution is -2.43. The van der Waals surface area contributed by atoms with E-state index in [0.717, 1.165) is 37.2 Å². The first-order valence-corrected chi connectivity index (χ1v) is 10.1. The number of amides is 2. The van der Waals surface area contributed by atoms with Crippen LogP contribution in [0.5, 0.6) is 5.88 Å². The molecule has 2 amide bonds. The van der Waals surface area contributed by atoms with Gasteiger partial charge in [0.2, 0.25) is 11.8 Å². The average Bonchev–Trinajstić information content (AvgIpc) is 3.34. The van der Waals surface area contributed by atoms with Gasteiger partial charge in [-0.1, -0.05) is 12.8 Å². The predicted molar refractivity (Wildman–Crippen MR) is 102 cm³/mol. The molecule has 2 aliphatic heterocycles. The van der Waals surface area contributed by atoms with Crippen LogP contribution in [0.2, 0.25) is 0 Å². The van der Waals surface area contributed by atoms with Gasteiger partial charge in [0.1, 0.15) is 0 Å². The van der Waals surface area contributed by atoms with Gasteiger partial charge >= 0.3 is 0 Å². The monoisotopic (exact) mass is 388 g/mol. The number of carbonyl (C=O) groups is 2. The zero-order valence-corrected chi connectivity index (χ0v) is 16.4. The van der Waals surface area contributed by atoms with Crippen LogP contribution >= 0.6 is 0 Å². The maximum absolute atomic E-state index is 12.9. The van der Waals surface area contributed by atoms with Crippen LogP contribution < -0.4 is 10.1 Å². The molecule has 1 aromatic rings. The molecule has 3 heterocycles. The van der Waals surface area contributed by atoms with Gasteiger partial charge in [0.25, 0.3) is 5.91 Å². The molecule has 1 aliphatic carbocycles. The van der Waals surface area contributed by atoms with Crippen LogP contribution in [0.15, 0.2) is 6.07 Å². The van der Waals surface area contributed by atoms with E-state index in [9.17, 15) is 9.59 Å². The first kappa shape index (κ1) is 19.1. The number of nitrogens with zero attached hydrogens (tertiary/aromatic N) is 3. The molecule has 2 fully saturated rings. The summed E-state index contributed by atoms with van der Waals surface area (Å²) in [6, 6.07) is 2.16. The highest BCUT2D eigenvalue weighted by molar-refractivity contribution is 5.98. The van der Waals surface area contributed by atoms with Crippen LogP contribution in [-0.4, -0.2) is 72.6 Å². The Morgan fingerprint density at radius 2 is 2.07 bits per heavy atom. The maximum Gasteiger partial charge on any atom is 0.256 e. The lowest BCUT2D eigenvalue weighted by molar-refractivity contribution is -0.123. The minimum absolute atomic E-state index is 0.0524. The van der Waals surface area contributed by atoms with Crippen molar-refractivity contribution in [1.29, 1.82) is 0 Å². The third kappa shape index (κ3) is 3.98. The molecule has 1 saturated heterocycles. The number of pyridine rings is 1. The Hall–Kier alpha value is -2.19. The minimum Gasteiger partial charge on any atom is -0.481 e. The van der Waals surface area contributed by atoms with E-state index < -0.39 is 0 Å². The van der Waals surface area contributed by atoms with Crippen molar-refractivity contribution < 1.29 is 19.1 Å². The van der Waals surface area contributed by atoms with Gasteiger partial charge < -0.3 is 19.7 Å². The zero-order chi connectivity index (χ0) is 19.5. The Bertz CT molecular complexity index is 742. The summed E-state index contributed by atoms with van der Waals surface area (Å²) in [4.78, 5) is 33.7. The maximum atomic E-state index is 12.9. The summed E-state index contributed by atoms with van der Waals surface area (Å²) in [5.74, 6) is 0.479. The van der Waals surface area contributed by atoms with Gasteiger partial charge in [-0.3, -0.25) is 14.5 Å². The van der Waals surface area contributed by atoms with E-state index in [0.29, 0.717) is 50.3 Å². The van der Waals surface area contributed by atoms with Gasteiger partial charge in [-0.05, 0) is 18.9 Å². The van der Waals surface area contributed by atoms with Gasteiger partial charge in [-0.2, -0.15) is 0 Å². The van der Waals surface area contributed by atoms with Crippen molar-refractivity contribution in [2.24, 2.45) is 0 Å². The zero-order valence-electron chi connectivity index (χ0n) is 16.4. The predicted octanol–water partition coefficient (Wildman–Crippen LogP) is 0.937. The van der Waals surface area contributed by atoms with Crippen LogP contribution in [0, 0.1) is 0 Å². The Balaban J connectivity index is 1.42. The summed E-state index contributed by atoms with van der Waals surface area (Å²) in [7, 11) is 1.57. The van der Waals surface area contributed by atoms with Crippen molar-refractivity contribution in [3.05, 3.63) is 22.9 Å². The topological polar surface area (TPSA) is 84.0 Å². The number of ether oxygens (including phenoxy) is 2. The molecule has 0 spiro atoms. The van der Waals surface area contributed by atoms with Crippen LogP contribution in [0.25, 0.3) is 0 Å². The fourth-order valence-electron chi connectivity index (χ4n) is 4.29. The Morgan fingerprint density at radius 3 is 2.79 bits per heavy atom. The highest BCUT2D eigenvalue weighted by Crippen LogP contribution is 2.33. The minimum atomic E-state index is -0.0524. The van der Waals surface area contributed by atoms with Crippen LogP contribution in [0.4, 0.5) is 0 Å². The Labute approximate surface area is 165 Å². The van der Waals surface area contributed by atoms with E-state index in [1.54, 1.807) is 7.11 Å². The summed E-state index contributed by atoms with van der Waals surface area (Å²) in [6.07, 6.45) is 4.51. The van der Waals surface area contributed by atoms with Crippen LogP contribution in [-0.2, 0) is 22.6 Å². The molecular formula is C20H28N4O4. The molecule has 1 aromatic heterocycles. The molecule has 152 valence electrons. The number of fused-ring (bicyclic) bond motifs is 1. The van der Waals surface area contributed by atoms with Crippen LogP contribution in [0.1, 0.15) is 47.3 Å². The number of methoxy groups -OCH3 is 1. The van der Waals surface area contributed by atoms with Crippen molar-refractivity contribution in [3.63, 3.8) is 0 Å². The molecule has 28 heavy (non-hydrogen) atoms. The van der Waals surface area contributed by atoms with E-state index in [4.69, 9.17) is 9.47 Å². The molecule has 1 N–H and O–H groups in total. The Morgan fingerprint density at radius 1 is 1.32 bits per heavy atom. The SMILES string of the molecule is COc1nc2c(cc1CNC(=O)CN1CCOCC1)C(=O)N(C1CCCC1)C2. The van der Waals surface area contributed by atoms with Crippen LogP contribution in [0.3, 0.4) is 0 Å². The lowest BCUT2D eigenvalue weighted by Gasteiger charge is -2.25. The normalized spacial score (nSPS) is 20.5. The Kier molecular flexibility index (Phi) is 5.77. The van der Waals surface area contributed by atoms with E-state index >= 15 is 0 Å². The van der Waals surface area contributed by atoms with Gasteiger partial charge in [-0.15, -0.1) is 0 Å². The third-order valence-corrected chi connectivity index (χ3v) is 5.86. The van der Waals surface area contributed by atoms with E-state index in [2.05, 4.69) is 15.2 Å². The number of hydrogen-bond donors (Lipinski definition) is 1. The molecule has 8 nitrogen and oxygen atoms in total. The van der Waals surface area contributed by atoms with Crippen molar-refractivity contribution in [2.75, 3.05) is 40.0 Å².